The average molecular weight is 313 g/mol. The van der Waals surface area contributed by atoms with Gasteiger partial charge in [-0.2, -0.15) is 0 Å². The molecule has 0 spiro atoms. The van der Waals surface area contributed by atoms with E-state index >= 15 is 0 Å². The second-order valence-electron chi connectivity index (χ2n) is 6.15. The summed E-state index contributed by atoms with van der Waals surface area (Å²) in [5.74, 6) is 0.767. The molecule has 0 aromatic heterocycles. The lowest BCUT2D eigenvalue weighted by Crippen LogP contribution is -2.23. The van der Waals surface area contributed by atoms with Gasteiger partial charge in [0.2, 0.25) is 0 Å². The van der Waals surface area contributed by atoms with Gasteiger partial charge in [-0.1, -0.05) is 36.4 Å². The summed E-state index contributed by atoms with van der Waals surface area (Å²) in [6, 6.07) is 17.2. The second-order valence-corrected chi connectivity index (χ2v) is 7.53. The third-order valence-electron chi connectivity index (χ3n) is 4.40. The highest BCUT2D eigenvalue weighted by molar-refractivity contribution is 7.84. The highest BCUT2D eigenvalue weighted by atomic mass is 32.2. The number of rotatable bonds is 6. The van der Waals surface area contributed by atoms with Crippen LogP contribution in [0, 0.1) is 12.8 Å². The summed E-state index contributed by atoms with van der Waals surface area (Å²) in [7, 11) is -0.900. The van der Waals surface area contributed by atoms with Crippen LogP contribution in [0.5, 0.6) is 0 Å². The molecule has 0 heterocycles. The van der Waals surface area contributed by atoms with Gasteiger partial charge in [0, 0.05) is 34.5 Å². The van der Waals surface area contributed by atoms with Crippen LogP contribution in [0.15, 0.2) is 53.4 Å². The molecular weight excluding hydrogens is 290 g/mol. The average Bonchev–Trinajstić information content (AvgIpc) is 3.34. The molecular formula is C19H23NOS. The van der Waals surface area contributed by atoms with Gasteiger partial charge in [0.25, 0.3) is 0 Å². The summed E-state index contributed by atoms with van der Waals surface area (Å²) in [4.78, 5) is 0.890. The van der Waals surface area contributed by atoms with E-state index in [0.29, 0.717) is 6.04 Å². The summed E-state index contributed by atoms with van der Waals surface area (Å²) in [5, 5.41) is 3.73. The zero-order chi connectivity index (χ0) is 15.5. The summed E-state index contributed by atoms with van der Waals surface area (Å²) in [6.45, 7) is 3.05. The summed E-state index contributed by atoms with van der Waals surface area (Å²) in [6.07, 6.45) is 4.36. The smallest absolute Gasteiger partial charge is 0.0498 e. The Morgan fingerprint density at radius 1 is 1.14 bits per heavy atom. The zero-order valence-electron chi connectivity index (χ0n) is 13.2. The molecule has 0 saturated heterocycles. The van der Waals surface area contributed by atoms with Crippen LogP contribution in [0.25, 0.3) is 0 Å². The number of nitrogens with one attached hydrogen (secondary N) is 1. The van der Waals surface area contributed by atoms with Crippen molar-refractivity contribution in [3.05, 3.63) is 65.2 Å². The molecule has 116 valence electrons. The SMILES string of the molecule is Cc1ccccc1[C@H](NCc1ccc([S@](C)=O)cc1)C1CC1. The normalized spacial score (nSPS) is 17.2. The van der Waals surface area contributed by atoms with E-state index in [0.717, 1.165) is 17.4 Å². The van der Waals surface area contributed by atoms with E-state index in [-0.39, 0.29) is 0 Å². The molecule has 2 atom stereocenters. The van der Waals surface area contributed by atoms with Crippen LogP contribution in [0.4, 0.5) is 0 Å². The third-order valence-corrected chi connectivity index (χ3v) is 5.33. The Kier molecular flexibility index (Phi) is 4.74. The Labute approximate surface area is 135 Å². The highest BCUT2D eigenvalue weighted by Gasteiger charge is 2.32. The minimum absolute atomic E-state index is 0.446. The van der Waals surface area contributed by atoms with Crippen LogP contribution in [0.2, 0.25) is 0 Å². The maximum Gasteiger partial charge on any atom is 0.0498 e. The molecule has 3 heteroatoms. The Hall–Kier alpha value is -1.45. The van der Waals surface area contributed by atoms with Gasteiger partial charge < -0.3 is 5.32 Å². The largest absolute Gasteiger partial charge is 0.306 e. The van der Waals surface area contributed by atoms with E-state index in [1.54, 1.807) is 6.26 Å². The summed E-state index contributed by atoms with van der Waals surface area (Å²) in [5.41, 5.74) is 4.04. The van der Waals surface area contributed by atoms with Crippen molar-refractivity contribution in [2.45, 2.75) is 37.2 Å². The van der Waals surface area contributed by atoms with E-state index in [9.17, 15) is 4.21 Å². The molecule has 2 nitrogen and oxygen atoms in total. The third kappa shape index (κ3) is 3.65. The van der Waals surface area contributed by atoms with Crippen LogP contribution in [0.3, 0.4) is 0 Å². The highest BCUT2D eigenvalue weighted by Crippen LogP contribution is 2.41. The van der Waals surface area contributed by atoms with Crippen molar-refractivity contribution in [2.24, 2.45) is 5.92 Å². The molecule has 1 N–H and O–H groups in total. The first-order chi connectivity index (χ1) is 10.6. The lowest BCUT2D eigenvalue weighted by atomic mass is 9.97. The number of aryl methyl sites for hydroxylation is 1. The van der Waals surface area contributed by atoms with Gasteiger partial charge in [-0.15, -0.1) is 0 Å². The lowest BCUT2D eigenvalue weighted by Gasteiger charge is -2.21. The van der Waals surface area contributed by atoms with Gasteiger partial charge >= 0.3 is 0 Å². The van der Waals surface area contributed by atoms with Crippen molar-refractivity contribution in [1.29, 1.82) is 0 Å². The Morgan fingerprint density at radius 2 is 1.82 bits per heavy atom. The topological polar surface area (TPSA) is 29.1 Å². The van der Waals surface area contributed by atoms with Crippen molar-refractivity contribution in [3.8, 4) is 0 Å². The Balaban J connectivity index is 1.70. The van der Waals surface area contributed by atoms with Crippen molar-refractivity contribution in [3.63, 3.8) is 0 Å². The van der Waals surface area contributed by atoms with Gasteiger partial charge in [-0.3, -0.25) is 4.21 Å². The predicted molar refractivity (Wildman–Crippen MR) is 92.3 cm³/mol. The van der Waals surface area contributed by atoms with Crippen molar-refractivity contribution >= 4 is 10.8 Å². The van der Waals surface area contributed by atoms with Crippen molar-refractivity contribution < 1.29 is 4.21 Å². The van der Waals surface area contributed by atoms with Gasteiger partial charge in [0.05, 0.1) is 0 Å². The molecule has 3 rings (SSSR count). The fraction of sp³-hybridized carbons (Fsp3) is 0.368. The molecule has 0 unspecified atom stereocenters. The number of hydrogen-bond acceptors (Lipinski definition) is 2. The van der Waals surface area contributed by atoms with Gasteiger partial charge in [-0.25, -0.2) is 0 Å². The van der Waals surface area contributed by atoms with E-state index in [4.69, 9.17) is 0 Å². The monoisotopic (exact) mass is 313 g/mol. The minimum atomic E-state index is -0.900. The van der Waals surface area contributed by atoms with E-state index in [1.165, 1.54) is 29.5 Å². The lowest BCUT2D eigenvalue weighted by molar-refractivity contribution is 0.478. The fourth-order valence-electron chi connectivity index (χ4n) is 2.92. The van der Waals surface area contributed by atoms with Crippen molar-refractivity contribution in [2.75, 3.05) is 6.26 Å². The molecule has 0 radical (unpaired) electrons. The molecule has 1 saturated carbocycles. The quantitative estimate of drug-likeness (QED) is 0.874. The Bertz CT molecular complexity index is 661. The first kappa shape index (κ1) is 15.4. The zero-order valence-corrected chi connectivity index (χ0v) is 14.0. The fourth-order valence-corrected chi connectivity index (χ4v) is 3.44. The van der Waals surface area contributed by atoms with Gasteiger partial charge in [0.15, 0.2) is 0 Å². The molecule has 22 heavy (non-hydrogen) atoms. The second kappa shape index (κ2) is 6.76. The van der Waals surface area contributed by atoms with E-state index in [2.05, 4.69) is 48.6 Å². The first-order valence-corrected chi connectivity index (χ1v) is 9.42. The molecule has 0 bridgehead atoms. The Morgan fingerprint density at radius 3 is 2.41 bits per heavy atom. The maximum absolute atomic E-state index is 11.4. The van der Waals surface area contributed by atoms with Gasteiger partial charge in [0.1, 0.15) is 0 Å². The van der Waals surface area contributed by atoms with Crippen LogP contribution < -0.4 is 5.32 Å². The van der Waals surface area contributed by atoms with Crippen LogP contribution in [-0.2, 0) is 17.3 Å². The van der Waals surface area contributed by atoms with Crippen LogP contribution >= 0.6 is 0 Å². The van der Waals surface area contributed by atoms with E-state index in [1.807, 2.05) is 12.1 Å². The first-order valence-electron chi connectivity index (χ1n) is 7.86. The maximum atomic E-state index is 11.4. The molecule has 2 aromatic carbocycles. The van der Waals surface area contributed by atoms with Crippen molar-refractivity contribution in [1.82, 2.24) is 5.32 Å². The molecule has 2 aromatic rings. The molecule has 1 fully saturated rings. The molecule has 1 aliphatic rings. The van der Waals surface area contributed by atoms with E-state index < -0.39 is 10.8 Å². The molecule has 0 aliphatic heterocycles. The van der Waals surface area contributed by atoms with Crippen LogP contribution in [0.1, 0.15) is 35.6 Å². The summed E-state index contributed by atoms with van der Waals surface area (Å²) < 4.78 is 11.4. The minimum Gasteiger partial charge on any atom is -0.306 e. The van der Waals surface area contributed by atoms with Gasteiger partial charge in [-0.05, 0) is 54.5 Å². The standard InChI is InChI=1S/C19H23NOS/c1-14-5-3-4-6-18(14)19(16-9-10-16)20-13-15-7-11-17(12-8-15)22(2)21/h3-8,11-12,16,19-20H,9-10,13H2,1-2H3/t19-,22+/m1/s1. The number of hydrogen-bond donors (Lipinski definition) is 1. The molecule has 0 amide bonds. The molecule has 1 aliphatic carbocycles. The number of benzene rings is 2. The predicted octanol–water partition coefficient (Wildman–Crippen LogP) is 3.97. The summed E-state index contributed by atoms with van der Waals surface area (Å²) >= 11 is 0. The van der Waals surface area contributed by atoms with Crippen LogP contribution in [-0.4, -0.2) is 10.5 Å².